The fourth-order valence-corrected chi connectivity index (χ4v) is 2.40. The van der Waals surface area contributed by atoms with Crippen LogP contribution in [0.2, 0.25) is 0 Å². The van der Waals surface area contributed by atoms with Gasteiger partial charge in [-0.3, -0.25) is 0 Å². The first-order valence-electron chi connectivity index (χ1n) is 6.71. The Balaban J connectivity index is 2.43. The maximum absolute atomic E-state index is 4.65. The zero-order valence-corrected chi connectivity index (χ0v) is 11.8. The van der Waals surface area contributed by atoms with Gasteiger partial charge in [0.05, 0.1) is 5.69 Å². The fraction of sp³-hybridized carbons (Fsp3) is 0.400. The number of hydrogen-bond donors (Lipinski definition) is 0. The van der Waals surface area contributed by atoms with Crippen molar-refractivity contribution in [3.05, 3.63) is 35.8 Å². The summed E-state index contributed by atoms with van der Waals surface area (Å²) in [6.45, 7) is 8.75. The van der Waals surface area contributed by atoms with E-state index >= 15 is 0 Å². The lowest BCUT2D eigenvalue weighted by Crippen LogP contribution is -2.02. The smallest absolute Gasteiger partial charge is 0.185 e. The van der Waals surface area contributed by atoms with Crippen molar-refractivity contribution in [2.45, 2.75) is 39.5 Å². The van der Waals surface area contributed by atoms with Crippen molar-refractivity contribution in [2.75, 3.05) is 0 Å². The summed E-state index contributed by atoms with van der Waals surface area (Å²) in [5.74, 6) is 0.884. The Morgan fingerprint density at radius 2 is 1.79 bits per heavy atom. The first kappa shape index (κ1) is 12.1. The van der Waals surface area contributed by atoms with Gasteiger partial charge in [-0.05, 0) is 23.5 Å². The second-order valence-corrected chi connectivity index (χ2v) is 5.60. The molecule has 3 aromatic rings. The average Bonchev–Trinajstić information content (AvgIpc) is 2.85. The Kier molecular flexibility index (Phi) is 2.73. The Morgan fingerprint density at radius 1 is 1.00 bits per heavy atom. The van der Waals surface area contributed by atoms with E-state index in [0.29, 0.717) is 11.8 Å². The molecule has 4 nitrogen and oxygen atoms in total. The second kappa shape index (κ2) is 4.30. The molecule has 19 heavy (non-hydrogen) atoms. The van der Waals surface area contributed by atoms with E-state index in [1.54, 1.807) is 10.8 Å². The molecule has 0 aliphatic rings. The molecule has 3 rings (SSSR count). The Morgan fingerprint density at radius 3 is 2.47 bits per heavy atom. The van der Waals surface area contributed by atoms with E-state index in [1.165, 1.54) is 10.9 Å². The minimum absolute atomic E-state index is 0.372. The van der Waals surface area contributed by atoms with Crippen LogP contribution in [0.1, 0.15) is 50.8 Å². The molecule has 1 aromatic carbocycles. The van der Waals surface area contributed by atoms with Crippen molar-refractivity contribution < 1.29 is 0 Å². The SMILES string of the molecule is CC(C)c1ccc2c(c1)c(C(C)C)nn1cnnc21. The topological polar surface area (TPSA) is 43.1 Å². The third-order valence-electron chi connectivity index (χ3n) is 3.52. The third kappa shape index (κ3) is 1.87. The van der Waals surface area contributed by atoms with Gasteiger partial charge in [-0.25, -0.2) is 0 Å². The van der Waals surface area contributed by atoms with Crippen LogP contribution in [0.25, 0.3) is 16.4 Å². The van der Waals surface area contributed by atoms with E-state index in [0.717, 1.165) is 16.7 Å². The monoisotopic (exact) mass is 254 g/mol. The highest BCUT2D eigenvalue weighted by molar-refractivity contribution is 5.95. The molecule has 0 unspecified atom stereocenters. The van der Waals surface area contributed by atoms with Crippen molar-refractivity contribution in [1.82, 2.24) is 19.8 Å². The van der Waals surface area contributed by atoms with Crippen LogP contribution < -0.4 is 0 Å². The van der Waals surface area contributed by atoms with E-state index in [9.17, 15) is 0 Å². The van der Waals surface area contributed by atoms with Gasteiger partial charge in [0, 0.05) is 10.8 Å². The van der Waals surface area contributed by atoms with E-state index in [2.05, 4.69) is 61.2 Å². The van der Waals surface area contributed by atoms with Gasteiger partial charge < -0.3 is 0 Å². The standard InChI is InChI=1S/C15H18N4/c1-9(2)11-5-6-12-13(7-11)14(10(3)4)18-19-8-16-17-15(12)19/h5-10H,1-4H3. The maximum Gasteiger partial charge on any atom is 0.185 e. The summed E-state index contributed by atoms with van der Waals surface area (Å²) in [6.07, 6.45) is 1.66. The normalized spacial score (nSPS) is 12.1. The molecule has 0 radical (unpaired) electrons. The van der Waals surface area contributed by atoms with Crippen LogP contribution in [0.15, 0.2) is 24.5 Å². The summed E-state index contributed by atoms with van der Waals surface area (Å²) in [5, 5.41) is 15.1. The quantitative estimate of drug-likeness (QED) is 0.702. The maximum atomic E-state index is 4.65. The number of nitrogens with zero attached hydrogens (tertiary/aromatic N) is 4. The van der Waals surface area contributed by atoms with Gasteiger partial charge in [-0.1, -0.05) is 39.8 Å². The number of benzene rings is 1. The molecular formula is C15H18N4. The van der Waals surface area contributed by atoms with Crippen LogP contribution in [0, 0.1) is 0 Å². The van der Waals surface area contributed by atoms with Gasteiger partial charge in [-0.2, -0.15) is 9.61 Å². The molecule has 0 fully saturated rings. The van der Waals surface area contributed by atoms with Gasteiger partial charge in [-0.15, -0.1) is 10.2 Å². The fourth-order valence-electron chi connectivity index (χ4n) is 2.40. The Bertz CT molecular complexity index is 740. The molecule has 0 amide bonds. The van der Waals surface area contributed by atoms with Crippen LogP contribution in [-0.4, -0.2) is 19.8 Å². The van der Waals surface area contributed by atoms with Crippen LogP contribution in [0.4, 0.5) is 0 Å². The van der Waals surface area contributed by atoms with Gasteiger partial charge in [0.15, 0.2) is 5.65 Å². The summed E-state index contributed by atoms with van der Waals surface area (Å²) < 4.78 is 1.77. The van der Waals surface area contributed by atoms with E-state index in [-0.39, 0.29) is 0 Å². The van der Waals surface area contributed by atoms with Gasteiger partial charge in [0.2, 0.25) is 0 Å². The molecule has 0 saturated carbocycles. The summed E-state index contributed by atoms with van der Waals surface area (Å²) >= 11 is 0. The summed E-state index contributed by atoms with van der Waals surface area (Å²) in [5.41, 5.74) is 3.26. The number of hydrogen-bond acceptors (Lipinski definition) is 3. The van der Waals surface area contributed by atoms with Gasteiger partial charge in [0.25, 0.3) is 0 Å². The molecule has 0 aliphatic carbocycles. The Hall–Kier alpha value is -1.97. The number of aromatic nitrogens is 4. The Labute approximate surface area is 112 Å². The first-order chi connectivity index (χ1) is 9.08. The van der Waals surface area contributed by atoms with Crippen LogP contribution in [0.5, 0.6) is 0 Å². The molecule has 0 spiro atoms. The second-order valence-electron chi connectivity index (χ2n) is 5.60. The molecule has 2 aromatic heterocycles. The summed E-state index contributed by atoms with van der Waals surface area (Å²) in [4.78, 5) is 0. The lowest BCUT2D eigenvalue weighted by molar-refractivity contribution is 0.774. The predicted molar refractivity (Wildman–Crippen MR) is 76.5 cm³/mol. The van der Waals surface area contributed by atoms with Crippen LogP contribution >= 0.6 is 0 Å². The van der Waals surface area contributed by atoms with Crippen LogP contribution in [-0.2, 0) is 0 Å². The van der Waals surface area contributed by atoms with E-state index in [1.807, 2.05) is 0 Å². The molecule has 0 atom stereocenters. The van der Waals surface area contributed by atoms with Crippen LogP contribution in [0.3, 0.4) is 0 Å². The van der Waals surface area contributed by atoms with Crippen molar-refractivity contribution in [1.29, 1.82) is 0 Å². The van der Waals surface area contributed by atoms with Gasteiger partial charge in [0.1, 0.15) is 6.33 Å². The first-order valence-corrected chi connectivity index (χ1v) is 6.71. The predicted octanol–water partition coefficient (Wildman–Crippen LogP) is 3.52. The number of rotatable bonds is 2. The number of fused-ring (bicyclic) bond motifs is 3. The molecular weight excluding hydrogens is 236 g/mol. The molecule has 4 heteroatoms. The molecule has 0 bridgehead atoms. The lowest BCUT2D eigenvalue weighted by atomic mass is 9.96. The lowest BCUT2D eigenvalue weighted by Gasteiger charge is -2.12. The van der Waals surface area contributed by atoms with E-state index < -0.39 is 0 Å². The molecule has 98 valence electrons. The van der Waals surface area contributed by atoms with Crippen molar-refractivity contribution in [3.8, 4) is 0 Å². The summed E-state index contributed by atoms with van der Waals surface area (Å²) in [6, 6.07) is 6.56. The highest BCUT2D eigenvalue weighted by Crippen LogP contribution is 2.28. The largest absolute Gasteiger partial charge is 0.200 e. The third-order valence-corrected chi connectivity index (χ3v) is 3.52. The highest BCUT2D eigenvalue weighted by atomic mass is 15.3. The minimum atomic E-state index is 0.372. The average molecular weight is 254 g/mol. The highest BCUT2D eigenvalue weighted by Gasteiger charge is 2.13. The molecule has 2 heterocycles. The van der Waals surface area contributed by atoms with Crippen molar-refractivity contribution in [2.24, 2.45) is 0 Å². The zero-order chi connectivity index (χ0) is 13.6. The van der Waals surface area contributed by atoms with E-state index in [4.69, 9.17) is 0 Å². The zero-order valence-electron chi connectivity index (χ0n) is 11.8. The van der Waals surface area contributed by atoms with Gasteiger partial charge >= 0.3 is 0 Å². The van der Waals surface area contributed by atoms with Crippen molar-refractivity contribution >= 4 is 16.4 Å². The minimum Gasteiger partial charge on any atom is -0.200 e. The molecule has 0 N–H and O–H groups in total. The molecule has 0 aliphatic heterocycles. The van der Waals surface area contributed by atoms with Crippen molar-refractivity contribution in [3.63, 3.8) is 0 Å². The summed E-state index contributed by atoms with van der Waals surface area (Å²) in [7, 11) is 0. The molecule has 0 saturated heterocycles.